The molecule has 0 amide bonds. The second-order valence-electron chi connectivity index (χ2n) is 7.01. The minimum absolute atomic E-state index is 0.404. The molecule has 1 aliphatic carbocycles. The maximum Gasteiger partial charge on any atom is 0.124 e. The number of hydrogen-bond donors (Lipinski definition) is 2. The third-order valence-electron chi connectivity index (χ3n) is 5.30. The Hall–Kier alpha value is -1.81. The zero-order valence-electron chi connectivity index (χ0n) is 13.9. The van der Waals surface area contributed by atoms with E-state index in [1.165, 1.54) is 31.2 Å². The van der Waals surface area contributed by atoms with Gasteiger partial charge in [0.15, 0.2) is 0 Å². The largest absolute Gasteiger partial charge is 0.370 e. The molecular weight excluding hydrogens is 284 g/mol. The molecule has 2 N–H and O–H groups in total. The summed E-state index contributed by atoms with van der Waals surface area (Å²) in [4.78, 5) is 0. The summed E-state index contributed by atoms with van der Waals surface area (Å²) in [5.74, 6) is 1.73. The standard InChI is InChI=1S/C19H26N4/c1-14(17-7-6-16-4-2-3-5-18(16)10-17)20-11-15-12-21-19-8-9-22-23(19)13-15/h6-10,14-15,20-21H,2-5,11-13H2,1H3/t14-,15+/m0/s1. The molecule has 0 bridgehead atoms. The molecule has 0 saturated carbocycles. The van der Waals surface area contributed by atoms with Crippen molar-refractivity contribution in [2.45, 2.75) is 45.2 Å². The van der Waals surface area contributed by atoms with Gasteiger partial charge in [0.2, 0.25) is 0 Å². The molecule has 2 atom stereocenters. The first kappa shape index (κ1) is 14.8. The molecule has 1 aliphatic heterocycles. The zero-order chi connectivity index (χ0) is 15.6. The molecule has 0 radical (unpaired) electrons. The van der Waals surface area contributed by atoms with Gasteiger partial charge in [0.05, 0.1) is 6.20 Å². The van der Waals surface area contributed by atoms with E-state index in [4.69, 9.17) is 0 Å². The Balaban J connectivity index is 1.36. The molecular formula is C19H26N4. The third kappa shape index (κ3) is 3.13. The average Bonchev–Trinajstić information content (AvgIpc) is 3.07. The molecule has 0 unspecified atom stereocenters. The molecule has 4 rings (SSSR count). The molecule has 122 valence electrons. The van der Waals surface area contributed by atoms with E-state index in [1.807, 2.05) is 12.3 Å². The van der Waals surface area contributed by atoms with Crippen LogP contribution in [0.5, 0.6) is 0 Å². The summed E-state index contributed by atoms with van der Waals surface area (Å²) in [7, 11) is 0. The Kier molecular flexibility index (Phi) is 4.08. The molecule has 0 fully saturated rings. The van der Waals surface area contributed by atoms with E-state index >= 15 is 0 Å². The van der Waals surface area contributed by atoms with Gasteiger partial charge in [-0.15, -0.1) is 0 Å². The van der Waals surface area contributed by atoms with Crippen molar-refractivity contribution in [1.82, 2.24) is 15.1 Å². The maximum absolute atomic E-state index is 4.37. The lowest BCUT2D eigenvalue weighted by atomic mass is 9.89. The van der Waals surface area contributed by atoms with Crippen LogP contribution in [0.15, 0.2) is 30.5 Å². The second kappa shape index (κ2) is 6.36. The lowest BCUT2D eigenvalue weighted by molar-refractivity contribution is 0.376. The van der Waals surface area contributed by atoms with Crippen molar-refractivity contribution in [3.05, 3.63) is 47.2 Å². The van der Waals surface area contributed by atoms with Gasteiger partial charge in [0.1, 0.15) is 5.82 Å². The maximum atomic E-state index is 4.37. The monoisotopic (exact) mass is 310 g/mol. The molecule has 2 heterocycles. The summed E-state index contributed by atoms with van der Waals surface area (Å²) in [6.07, 6.45) is 7.08. The predicted octanol–water partition coefficient (Wildman–Crippen LogP) is 3.15. The fourth-order valence-corrected chi connectivity index (χ4v) is 3.81. The molecule has 0 saturated heterocycles. The van der Waals surface area contributed by atoms with Crippen LogP contribution in [0.3, 0.4) is 0 Å². The Morgan fingerprint density at radius 2 is 2.13 bits per heavy atom. The fourth-order valence-electron chi connectivity index (χ4n) is 3.81. The van der Waals surface area contributed by atoms with Crippen LogP contribution in [0.25, 0.3) is 0 Å². The number of anilines is 1. The van der Waals surface area contributed by atoms with Crippen LogP contribution in [-0.4, -0.2) is 22.9 Å². The number of benzene rings is 1. The van der Waals surface area contributed by atoms with Crippen molar-refractivity contribution in [2.24, 2.45) is 5.92 Å². The van der Waals surface area contributed by atoms with Crippen LogP contribution in [0.4, 0.5) is 5.82 Å². The van der Waals surface area contributed by atoms with E-state index in [-0.39, 0.29) is 0 Å². The van der Waals surface area contributed by atoms with Gasteiger partial charge in [-0.05, 0) is 49.3 Å². The van der Waals surface area contributed by atoms with E-state index in [9.17, 15) is 0 Å². The van der Waals surface area contributed by atoms with Gasteiger partial charge in [-0.25, -0.2) is 4.68 Å². The third-order valence-corrected chi connectivity index (χ3v) is 5.30. The smallest absolute Gasteiger partial charge is 0.124 e. The highest BCUT2D eigenvalue weighted by atomic mass is 15.3. The highest BCUT2D eigenvalue weighted by molar-refractivity contribution is 5.36. The van der Waals surface area contributed by atoms with Crippen LogP contribution >= 0.6 is 0 Å². The average molecular weight is 310 g/mol. The molecule has 4 heteroatoms. The van der Waals surface area contributed by atoms with Crippen LogP contribution in [0.1, 0.15) is 42.5 Å². The van der Waals surface area contributed by atoms with E-state index in [0.717, 1.165) is 25.5 Å². The van der Waals surface area contributed by atoms with Crippen molar-refractivity contribution < 1.29 is 0 Å². The second-order valence-corrected chi connectivity index (χ2v) is 7.01. The van der Waals surface area contributed by atoms with Gasteiger partial charge in [0.25, 0.3) is 0 Å². The van der Waals surface area contributed by atoms with Crippen LogP contribution < -0.4 is 10.6 Å². The molecule has 23 heavy (non-hydrogen) atoms. The zero-order valence-corrected chi connectivity index (χ0v) is 13.9. The highest BCUT2D eigenvalue weighted by Gasteiger charge is 2.19. The first-order valence-electron chi connectivity index (χ1n) is 8.90. The van der Waals surface area contributed by atoms with Crippen molar-refractivity contribution >= 4 is 5.82 Å². The van der Waals surface area contributed by atoms with Crippen LogP contribution in [0, 0.1) is 5.92 Å². The number of hydrogen-bond acceptors (Lipinski definition) is 3. The van der Waals surface area contributed by atoms with E-state index in [1.54, 1.807) is 11.1 Å². The van der Waals surface area contributed by atoms with Crippen molar-refractivity contribution in [3.8, 4) is 0 Å². The quantitative estimate of drug-likeness (QED) is 0.911. The summed E-state index contributed by atoms with van der Waals surface area (Å²) in [5.41, 5.74) is 4.56. The van der Waals surface area contributed by atoms with Crippen molar-refractivity contribution in [1.29, 1.82) is 0 Å². The van der Waals surface area contributed by atoms with E-state index in [0.29, 0.717) is 12.0 Å². The Morgan fingerprint density at radius 3 is 3.04 bits per heavy atom. The van der Waals surface area contributed by atoms with E-state index < -0.39 is 0 Å². The Bertz CT molecular complexity index is 676. The number of fused-ring (bicyclic) bond motifs is 2. The van der Waals surface area contributed by atoms with Gasteiger partial charge in [0, 0.05) is 37.7 Å². The Labute approximate surface area is 138 Å². The van der Waals surface area contributed by atoms with Crippen LogP contribution in [0.2, 0.25) is 0 Å². The molecule has 2 aromatic rings. The van der Waals surface area contributed by atoms with Gasteiger partial charge in [-0.3, -0.25) is 0 Å². The normalized spacial score (nSPS) is 21.2. The number of aryl methyl sites for hydroxylation is 2. The summed E-state index contributed by atoms with van der Waals surface area (Å²) >= 11 is 0. The molecule has 4 nitrogen and oxygen atoms in total. The lowest BCUT2D eigenvalue weighted by Crippen LogP contribution is -2.36. The molecule has 1 aromatic carbocycles. The fraction of sp³-hybridized carbons (Fsp3) is 0.526. The summed E-state index contributed by atoms with van der Waals surface area (Å²) in [6.45, 7) is 5.32. The summed E-state index contributed by atoms with van der Waals surface area (Å²) in [6, 6.07) is 9.53. The first-order chi connectivity index (χ1) is 11.3. The predicted molar refractivity (Wildman–Crippen MR) is 93.7 cm³/mol. The number of rotatable bonds is 4. The van der Waals surface area contributed by atoms with Gasteiger partial charge >= 0.3 is 0 Å². The first-order valence-corrected chi connectivity index (χ1v) is 8.90. The van der Waals surface area contributed by atoms with Gasteiger partial charge < -0.3 is 10.6 Å². The van der Waals surface area contributed by atoms with Crippen LogP contribution in [-0.2, 0) is 19.4 Å². The Morgan fingerprint density at radius 1 is 1.26 bits per heavy atom. The highest BCUT2D eigenvalue weighted by Crippen LogP contribution is 2.25. The van der Waals surface area contributed by atoms with Gasteiger partial charge in [-0.2, -0.15) is 5.10 Å². The minimum Gasteiger partial charge on any atom is -0.370 e. The topological polar surface area (TPSA) is 41.9 Å². The summed E-state index contributed by atoms with van der Waals surface area (Å²) in [5, 5.41) is 11.5. The van der Waals surface area contributed by atoms with E-state index in [2.05, 4.69) is 45.5 Å². The lowest BCUT2D eigenvalue weighted by Gasteiger charge is -2.27. The summed E-state index contributed by atoms with van der Waals surface area (Å²) < 4.78 is 2.07. The van der Waals surface area contributed by atoms with Crippen molar-refractivity contribution in [2.75, 3.05) is 18.4 Å². The van der Waals surface area contributed by atoms with Gasteiger partial charge in [-0.1, -0.05) is 18.2 Å². The number of nitrogens with one attached hydrogen (secondary N) is 2. The SMILES string of the molecule is C[C@H](NC[C@@H]1CNc2ccnn2C1)c1ccc2c(c1)CCCC2. The molecule has 0 spiro atoms. The number of nitrogens with zero attached hydrogens (tertiary/aromatic N) is 2. The minimum atomic E-state index is 0.404. The molecule has 2 aliphatic rings. The number of aromatic nitrogens is 2. The molecule has 1 aromatic heterocycles. The van der Waals surface area contributed by atoms with Crippen molar-refractivity contribution in [3.63, 3.8) is 0 Å².